The molecule has 1 heterocycles. The summed E-state index contributed by atoms with van der Waals surface area (Å²) in [6.07, 6.45) is -4.35. The largest absolute Gasteiger partial charge is 0.416 e. The van der Waals surface area contributed by atoms with Gasteiger partial charge in [0, 0.05) is 17.0 Å². The lowest BCUT2D eigenvalue weighted by molar-refractivity contribution is -0.137. The van der Waals surface area contributed by atoms with E-state index in [0.29, 0.717) is 16.8 Å². The lowest BCUT2D eigenvalue weighted by Crippen LogP contribution is -2.04. The number of hydrogen-bond acceptors (Lipinski definition) is 1. The average Bonchev–Trinajstić information content (AvgIpc) is 2.46. The first-order valence-electron chi connectivity index (χ1n) is 5.99. The summed E-state index contributed by atoms with van der Waals surface area (Å²) in [7, 11) is 0. The molecule has 0 saturated carbocycles. The number of fused-ring (bicyclic) bond motifs is 1. The van der Waals surface area contributed by atoms with Gasteiger partial charge in [0.25, 0.3) is 0 Å². The van der Waals surface area contributed by atoms with Crippen molar-refractivity contribution in [3.63, 3.8) is 0 Å². The Morgan fingerprint density at radius 3 is 2.60 bits per heavy atom. The monoisotopic (exact) mass is 272 g/mol. The summed E-state index contributed by atoms with van der Waals surface area (Å²) in [5.41, 5.74) is 0.918. The van der Waals surface area contributed by atoms with E-state index in [1.807, 2.05) is 18.2 Å². The van der Waals surface area contributed by atoms with Gasteiger partial charge in [0.05, 0.1) is 16.8 Å². The zero-order valence-electron chi connectivity index (χ0n) is 10.3. The van der Waals surface area contributed by atoms with E-state index in [-0.39, 0.29) is 0 Å². The van der Waals surface area contributed by atoms with Crippen LogP contribution in [0.5, 0.6) is 0 Å². The molecule has 3 rings (SSSR count). The number of hydrogen-bond donors (Lipinski definition) is 0. The highest BCUT2D eigenvalue weighted by Crippen LogP contribution is 2.32. The fourth-order valence-corrected chi connectivity index (χ4v) is 2.01. The number of rotatable bonds is 1. The van der Waals surface area contributed by atoms with Crippen molar-refractivity contribution < 1.29 is 13.2 Å². The fraction of sp³-hybridized carbons (Fsp3) is 0.0625. The maximum atomic E-state index is 12.7. The summed E-state index contributed by atoms with van der Waals surface area (Å²) < 4.78 is 38.1. The van der Waals surface area contributed by atoms with Crippen molar-refractivity contribution in [2.24, 2.45) is 0 Å². The Morgan fingerprint density at radius 1 is 0.950 bits per heavy atom. The Bertz CT molecular complexity index is 763. The Morgan fingerprint density at radius 2 is 1.80 bits per heavy atom. The minimum atomic E-state index is -4.35. The Labute approximate surface area is 113 Å². The van der Waals surface area contributed by atoms with Crippen molar-refractivity contribution in [3.05, 3.63) is 66.2 Å². The summed E-state index contributed by atoms with van der Waals surface area (Å²) in [4.78, 5) is 4.35. The van der Waals surface area contributed by atoms with Crippen LogP contribution in [-0.2, 0) is 6.18 Å². The van der Waals surface area contributed by atoms with Gasteiger partial charge >= 0.3 is 6.18 Å². The Kier molecular flexibility index (Phi) is 2.93. The highest BCUT2D eigenvalue weighted by molar-refractivity contribution is 5.81. The second-order valence-electron chi connectivity index (χ2n) is 4.38. The topological polar surface area (TPSA) is 12.9 Å². The van der Waals surface area contributed by atoms with Gasteiger partial charge < -0.3 is 0 Å². The first-order valence-corrected chi connectivity index (χ1v) is 5.99. The zero-order chi connectivity index (χ0) is 14.2. The van der Waals surface area contributed by atoms with E-state index in [0.717, 1.165) is 17.5 Å². The highest BCUT2D eigenvalue weighted by Gasteiger charge is 2.30. The van der Waals surface area contributed by atoms with Gasteiger partial charge in [0.1, 0.15) is 0 Å². The SMILES string of the molecule is FC(F)(F)c1cccc(-c2ccc3ccc[c]c3n2)c1. The van der Waals surface area contributed by atoms with Crippen molar-refractivity contribution in [1.29, 1.82) is 0 Å². The van der Waals surface area contributed by atoms with Crippen LogP contribution >= 0.6 is 0 Å². The van der Waals surface area contributed by atoms with Gasteiger partial charge in [-0.05, 0) is 18.2 Å². The molecule has 1 radical (unpaired) electrons. The molecule has 0 amide bonds. The Hall–Kier alpha value is -2.36. The minimum Gasteiger partial charge on any atom is -0.247 e. The summed E-state index contributed by atoms with van der Waals surface area (Å²) in [5.74, 6) is 0. The van der Waals surface area contributed by atoms with Crippen molar-refractivity contribution in [3.8, 4) is 11.3 Å². The van der Waals surface area contributed by atoms with E-state index in [1.165, 1.54) is 6.07 Å². The molecule has 4 heteroatoms. The Balaban J connectivity index is 2.11. The molecule has 0 atom stereocenters. The van der Waals surface area contributed by atoms with Crippen LogP contribution in [0.2, 0.25) is 0 Å². The molecular weight excluding hydrogens is 263 g/mol. The van der Waals surface area contributed by atoms with Crippen LogP contribution in [0.25, 0.3) is 22.2 Å². The molecule has 3 aromatic rings. The maximum Gasteiger partial charge on any atom is 0.416 e. The zero-order valence-corrected chi connectivity index (χ0v) is 10.3. The normalized spacial score (nSPS) is 11.8. The van der Waals surface area contributed by atoms with Crippen molar-refractivity contribution in [2.45, 2.75) is 6.18 Å². The third-order valence-corrected chi connectivity index (χ3v) is 3.00. The molecule has 2 aromatic carbocycles. The molecule has 0 saturated heterocycles. The second-order valence-corrected chi connectivity index (χ2v) is 4.38. The van der Waals surface area contributed by atoms with Gasteiger partial charge in [-0.3, -0.25) is 0 Å². The molecular formula is C16H9F3N. The van der Waals surface area contributed by atoms with Crippen molar-refractivity contribution in [1.82, 2.24) is 4.98 Å². The molecule has 1 aromatic heterocycles. The van der Waals surface area contributed by atoms with E-state index in [2.05, 4.69) is 11.1 Å². The lowest BCUT2D eigenvalue weighted by atomic mass is 10.1. The van der Waals surface area contributed by atoms with Gasteiger partial charge in [0.2, 0.25) is 0 Å². The fourth-order valence-electron chi connectivity index (χ4n) is 2.01. The maximum absolute atomic E-state index is 12.7. The average molecular weight is 272 g/mol. The highest BCUT2D eigenvalue weighted by atomic mass is 19.4. The van der Waals surface area contributed by atoms with E-state index < -0.39 is 11.7 Å². The van der Waals surface area contributed by atoms with Crippen LogP contribution in [0.1, 0.15) is 5.56 Å². The molecule has 0 N–H and O–H groups in total. The van der Waals surface area contributed by atoms with Gasteiger partial charge in [-0.2, -0.15) is 13.2 Å². The first-order chi connectivity index (χ1) is 9.54. The number of para-hydroxylation sites is 1. The van der Waals surface area contributed by atoms with E-state index >= 15 is 0 Å². The van der Waals surface area contributed by atoms with Crippen LogP contribution in [0.15, 0.2) is 54.6 Å². The molecule has 0 unspecified atom stereocenters. The van der Waals surface area contributed by atoms with Crippen molar-refractivity contribution >= 4 is 10.9 Å². The van der Waals surface area contributed by atoms with Crippen LogP contribution in [0.3, 0.4) is 0 Å². The van der Waals surface area contributed by atoms with Crippen LogP contribution < -0.4 is 0 Å². The van der Waals surface area contributed by atoms with E-state index in [9.17, 15) is 13.2 Å². The molecule has 0 spiro atoms. The van der Waals surface area contributed by atoms with Gasteiger partial charge in [-0.15, -0.1) is 0 Å². The molecule has 0 aliphatic rings. The van der Waals surface area contributed by atoms with Gasteiger partial charge in [0.15, 0.2) is 0 Å². The quantitative estimate of drug-likeness (QED) is 0.624. The summed E-state index contributed by atoms with van der Waals surface area (Å²) in [5, 5.41) is 0.906. The van der Waals surface area contributed by atoms with E-state index in [1.54, 1.807) is 18.2 Å². The number of nitrogens with zero attached hydrogens (tertiary/aromatic N) is 1. The van der Waals surface area contributed by atoms with E-state index in [4.69, 9.17) is 0 Å². The number of benzene rings is 2. The smallest absolute Gasteiger partial charge is 0.247 e. The predicted octanol–water partition coefficient (Wildman–Crippen LogP) is 4.72. The van der Waals surface area contributed by atoms with Gasteiger partial charge in [-0.1, -0.05) is 36.4 Å². The van der Waals surface area contributed by atoms with Gasteiger partial charge in [-0.25, -0.2) is 4.98 Å². The molecule has 1 nitrogen and oxygen atoms in total. The molecule has 0 fully saturated rings. The predicted molar refractivity (Wildman–Crippen MR) is 71.0 cm³/mol. The number of aromatic nitrogens is 1. The number of halogens is 3. The molecule has 0 aliphatic carbocycles. The summed E-state index contributed by atoms with van der Waals surface area (Å²) in [6, 6.07) is 17.1. The molecule has 20 heavy (non-hydrogen) atoms. The molecule has 99 valence electrons. The number of pyridine rings is 1. The van der Waals surface area contributed by atoms with Crippen LogP contribution in [0.4, 0.5) is 13.2 Å². The molecule has 0 aliphatic heterocycles. The van der Waals surface area contributed by atoms with Crippen LogP contribution in [-0.4, -0.2) is 4.98 Å². The first kappa shape index (κ1) is 12.7. The standard InChI is InChI=1S/C16H9F3N/c17-16(18,19)13-6-3-5-12(10-13)15-9-8-11-4-1-2-7-14(11)20-15/h1-6,8-10H. The summed E-state index contributed by atoms with van der Waals surface area (Å²) >= 11 is 0. The second kappa shape index (κ2) is 4.63. The third-order valence-electron chi connectivity index (χ3n) is 3.00. The number of alkyl halides is 3. The summed E-state index contributed by atoms with van der Waals surface area (Å²) in [6.45, 7) is 0. The van der Waals surface area contributed by atoms with Crippen LogP contribution in [0, 0.1) is 6.07 Å². The van der Waals surface area contributed by atoms with Crippen molar-refractivity contribution in [2.75, 3.05) is 0 Å². The molecule has 0 bridgehead atoms. The minimum absolute atomic E-state index is 0.443. The third kappa shape index (κ3) is 2.37. The lowest BCUT2D eigenvalue weighted by Gasteiger charge is -2.08.